The lowest BCUT2D eigenvalue weighted by Gasteiger charge is -2.54. The van der Waals surface area contributed by atoms with E-state index >= 15 is 0 Å². The first-order valence-corrected chi connectivity index (χ1v) is 20.7. The van der Waals surface area contributed by atoms with Gasteiger partial charge in [0.2, 0.25) is 5.79 Å². The molecule has 0 aromatic heterocycles. The number of aliphatic carboxylic acids is 1. The number of carboxylic acids is 1. The Morgan fingerprint density at radius 3 is 2.17 bits per heavy atom. The summed E-state index contributed by atoms with van der Waals surface area (Å²) in [7, 11) is 0. The summed E-state index contributed by atoms with van der Waals surface area (Å²) in [4.78, 5) is 26.4. The first-order valence-electron chi connectivity index (χ1n) is 20.7. The maximum atomic E-state index is 14.4. The number of rotatable bonds is 12. The molecule has 0 aromatic rings. The fraction of sp³-hybridized carbons (Fsp3) is 0.905. The largest absolute Gasteiger partial charge is 0.481 e. The van der Waals surface area contributed by atoms with Crippen LogP contribution >= 0.6 is 0 Å². The van der Waals surface area contributed by atoms with Crippen LogP contribution in [0.1, 0.15) is 133 Å². The summed E-state index contributed by atoms with van der Waals surface area (Å²) in [5.41, 5.74) is -1.63. The van der Waals surface area contributed by atoms with Gasteiger partial charge in [-0.25, -0.2) is 0 Å². The molecule has 304 valence electrons. The van der Waals surface area contributed by atoms with Crippen LogP contribution in [0, 0.1) is 41.4 Å². The first-order chi connectivity index (χ1) is 24.8. The molecule has 5 aliphatic rings. The summed E-state index contributed by atoms with van der Waals surface area (Å²) in [6, 6.07) is 0. The second kappa shape index (κ2) is 16.2. The fourth-order valence-corrected chi connectivity index (χ4v) is 10.5. The van der Waals surface area contributed by atoms with E-state index in [4.69, 9.17) is 23.7 Å². The number of Topliss-reactive ketones (excluding diaryl/α,β-unsaturated/α-hetero) is 1. The van der Waals surface area contributed by atoms with Gasteiger partial charge in [-0.05, 0) is 95.6 Å². The Kier molecular flexibility index (Phi) is 13.0. The molecule has 2 spiro atoms. The van der Waals surface area contributed by atoms with Gasteiger partial charge in [0.15, 0.2) is 5.79 Å². The van der Waals surface area contributed by atoms with Gasteiger partial charge in [-0.1, -0.05) is 55.4 Å². The van der Waals surface area contributed by atoms with E-state index in [1.54, 1.807) is 19.1 Å². The Balaban J connectivity index is 1.31. The van der Waals surface area contributed by atoms with E-state index in [9.17, 15) is 30.0 Å². The monoisotopic (exact) mass is 750 g/mol. The molecule has 0 saturated carbocycles. The SMILES string of the molecule is CC[C@@H](C(=O)O)C1CC[C@H](C)C([C@@H](C)[C@H](O)C(C)C(=O)[C@H](CC)C2O[C@]3(C=C[C@@H](O)[C@]4(CC[C@@](C)(C5CC[C@](O)(CC)C(C)O5)O4)O3)C(C)C[C@@H]2C)O1. The minimum atomic E-state index is -1.37. The van der Waals surface area contributed by atoms with Crippen LogP contribution in [0.15, 0.2) is 12.2 Å². The molecular weight excluding hydrogens is 680 g/mol. The van der Waals surface area contributed by atoms with E-state index in [0.717, 1.165) is 6.42 Å². The third kappa shape index (κ3) is 7.94. The molecule has 11 heteroatoms. The summed E-state index contributed by atoms with van der Waals surface area (Å²) in [6.07, 6.45) is 5.51. The van der Waals surface area contributed by atoms with Gasteiger partial charge >= 0.3 is 5.97 Å². The predicted octanol–water partition coefficient (Wildman–Crippen LogP) is 6.19. The molecule has 5 heterocycles. The molecule has 0 bridgehead atoms. The fourth-order valence-electron chi connectivity index (χ4n) is 10.5. The van der Waals surface area contributed by atoms with Gasteiger partial charge < -0.3 is 44.1 Å². The second-order valence-electron chi connectivity index (χ2n) is 17.9. The minimum Gasteiger partial charge on any atom is -0.481 e. The Bertz CT molecular complexity index is 1320. The smallest absolute Gasteiger partial charge is 0.309 e. The normalized spacial score (nSPS) is 46.2. The van der Waals surface area contributed by atoms with Gasteiger partial charge in [0.25, 0.3) is 0 Å². The molecule has 18 atom stereocenters. The molecular formula is C42H70O11. The molecule has 0 aliphatic carbocycles. The molecule has 5 aliphatic heterocycles. The van der Waals surface area contributed by atoms with Crippen LogP contribution in [0.3, 0.4) is 0 Å². The van der Waals surface area contributed by atoms with Crippen molar-refractivity contribution in [2.24, 2.45) is 41.4 Å². The molecule has 0 aromatic carbocycles. The highest BCUT2D eigenvalue weighted by atomic mass is 16.8. The van der Waals surface area contributed by atoms with E-state index in [2.05, 4.69) is 20.8 Å². The molecule has 4 saturated heterocycles. The summed E-state index contributed by atoms with van der Waals surface area (Å²) >= 11 is 0. The third-order valence-corrected chi connectivity index (χ3v) is 14.4. The number of aliphatic hydroxyl groups excluding tert-OH is 2. The van der Waals surface area contributed by atoms with Gasteiger partial charge in [-0.2, -0.15) is 0 Å². The van der Waals surface area contributed by atoms with Crippen LogP contribution < -0.4 is 0 Å². The van der Waals surface area contributed by atoms with Gasteiger partial charge in [0.1, 0.15) is 11.9 Å². The predicted molar refractivity (Wildman–Crippen MR) is 199 cm³/mol. The second-order valence-corrected chi connectivity index (χ2v) is 17.9. The summed E-state index contributed by atoms with van der Waals surface area (Å²) < 4.78 is 33.5. The van der Waals surface area contributed by atoms with Crippen molar-refractivity contribution >= 4 is 11.8 Å². The Morgan fingerprint density at radius 1 is 0.887 bits per heavy atom. The summed E-state index contributed by atoms with van der Waals surface area (Å²) in [6.45, 7) is 19.6. The van der Waals surface area contributed by atoms with Crippen molar-refractivity contribution in [3.63, 3.8) is 0 Å². The molecule has 53 heavy (non-hydrogen) atoms. The van der Waals surface area contributed by atoms with Crippen molar-refractivity contribution in [1.82, 2.24) is 0 Å². The molecule has 5 rings (SSSR count). The van der Waals surface area contributed by atoms with Crippen LogP contribution in [0.2, 0.25) is 0 Å². The average Bonchev–Trinajstić information content (AvgIpc) is 3.47. The first kappa shape index (κ1) is 42.7. The van der Waals surface area contributed by atoms with Crippen molar-refractivity contribution in [3.8, 4) is 0 Å². The van der Waals surface area contributed by atoms with E-state index in [-0.39, 0.29) is 41.8 Å². The van der Waals surface area contributed by atoms with Gasteiger partial charge in [-0.3, -0.25) is 9.59 Å². The lowest BCUT2D eigenvalue weighted by Crippen LogP contribution is -2.63. The van der Waals surface area contributed by atoms with E-state index in [1.807, 2.05) is 41.5 Å². The quantitative estimate of drug-likeness (QED) is 0.169. The van der Waals surface area contributed by atoms with Crippen LogP contribution in [-0.2, 0) is 33.3 Å². The Labute approximate surface area is 317 Å². The maximum absolute atomic E-state index is 14.4. The minimum absolute atomic E-state index is 0.0137. The molecule has 7 unspecified atom stereocenters. The van der Waals surface area contributed by atoms with Crippen LogP contribution in [-0.4, -0.2) is 97.7 Å². The lowest BCUT2D eigenvalue weighted by atomic mass is 9.72. The number of hydrogen-bond donors (Lipinski definition) is 4. The van der Waals surface area contributed by atoms with Crippen LogP contribution in [0.25, 0.3) is 0 Å². The van der Waals surface area contributed by atoms with Gasteiger partial charge in [0.05, 0.1) is 53.7 Å². The van der Waals surface area contributed by atoms with Gasteiger partial charge in [-0.15, -0.1) is 0 Å². The number of carbonyl (C=O) groups excluding carboxylic acids is 1. The number of aliphatic hydroxyl groups is 3. The van der Waals surface area contributed by atoms with Crippen LogP contribution in [0.4, 0.5) is 0 Å². The highest BCUT2D eigenvalue weighted by molar-refractivity contribution is 5.84. The maximum Gasteiger partial charge on any atom is 0.309 e. The van der Waals surface area contributed by atoms with E-state index < -0.39 is 76.8 Å². The summed E-state index contributed by atoms with van der Waals surface area (Å²) in [5, 5.41) is 44.0. The Hall–Kier alpha value is -1.44. The zero-order valence-corrected chi connectivity index (χ0v) is 34.0. The number of hydrogen-bond acceptors (Lipinski definition) is 10. The van der Waals surface area contributed by atoms with Crippen LogP contribution in [0.5, 0.6) is 0 Å². The number of carboxylic acid groups (broad SMARTS) is 1. The average molecular weight is 751 g/mol. The van der Waals surface area contributed by atoms with Crippen molar-refractivity contribution < 1.29 is 53.7 Å². The number of carbonyl (C=O) groups is 2. The molecule has 4 fully saturated rings. The zero-order chi connectivity index (χ0) is 39.3. The molecule has 11 nitrogen and oxygen atoms in total. The van der Waals surface area contributed by atoms with Crippen molar-refractivity contribution in [1.29, 1.82) is 0 Å². The van der Waals surface area contributed by atoms with Gasteiger partial charge in [0, 0.05) is 30.1 Å². The standard InChI is InChI=1S/C42H70O11/c1-11-29(38(46)47)31-15-14-23(4)36(50-31)27(8)34(44)26(7)35(45)30(12-2)37-24(5)22-25(6)41(51-37)19-16-32(43)42(53-41)21-20-39(10,52-42)33-17-18-40(48,13-3)28(9)49-33/h16,19,23-34,36-37,43-44,48H,11-15,17-18,20-22H2,1-10H3,(H,46,47)/t23-,24-,25?,26?,27-,28?,29+,30-,31?,32+,33?,34+,36?,37?,39-,40+,41-,42-/m0/s1. The topological polar surface area (TPSA) is 161 Å². The van der Waals surface area contributed by atoms with Crippen molar-refractivity contribution in [2.45, 2.75) is 199 Å². The number of ether oxygens (including phenoxy) is 5. The molecule has 4 N–H and O–H groups in total. The zero-order valence-electron chi connectivity index (χ0n) is 34.0. The third-order valence-electron chi connectivity index (χ3n) is 14.4. The lowest BCUT2D eigenvalue weighted by molar-refractivity contribution is -0.409. The van der Waals surface area contributed by atoms with Crippen molar-refractivity contribution in [3.05, 3.63) is 12.2 Å². The van der Waals surface area contributed by atoms with Crippen molar-refractivity contribution in [2.75, 3.05) is 0 Å². The van der Waals surface area contributed by atoms with E-state index in [0.29, 0.717) is 57.8 Å². The van der Waals surface area contributed by atoms with E-state index in [1.165, 1.54) is 0 Å². The molecule has 0 amide bonds. The highest BCUT2D eigenvalue weighted by Gasteiger charge is 2.63. The Morgan fingerprint density at radius 2 is 1.57 bits per heavy atom. The highest BCUT2D eigenvalue weighted by Crippen LogP contribution is 2.54. The number of ketones is 1. The summed E-state index contributed by atoms with van der Waals surface area (Å²) in [5.74, 6) is -5.78. The molecule has 0 radical (unpaired) electrons.